The van der Waals surface area contributed by atoms with Crippen LogP contribution in [0.4, 0.5) is 0 Å². The van der Waals surface area contributed by atoms with Crippen molar-refractivity contribution in [1.82, 2.24) is 9.78 Å². The number of hydrogen-bond donors (Lipinski definition) is 1. The molecule has 0 atom stereocenters. The Morgan fingerprint density at radius 1 is 1.33 bits per heavy atom. The fourth-order valence-electron chi connectivity index (χ4n) is 1.62. The van der Waals surface area contributed by atoms with Gasteiger partial charge < -0.3 is 0 Å². The van der Waals surface area contributed by atoms with Crippen LogP contribution in [0.5, 0.6) is 0 Å². The molecule has 1 aromatic carbocycles. The van der Waals surface area contributed by atoms with Crippen LogP contribution in [0.3, 0.4) is 0 Å². The zero-order chi connectivity index (χ0) is 13.2. The van der Waals surface area contributed by atoms with E-state index in [1.165, 1.54) is 23.0 Å². The first kappa shape index (κ1) is 12.7. The van der Waals surface area contributed by atoms with E-state index in [-0.39, 0.29) is 16.5 Å². The average Bonchev–Trinajstić information content (AvgIpc) is 2.73. The van der Waals surface area contributed by atoms with Crippen LogP contribution in [0.1, 0.15) is 5.56 Å². The van der Waals surface area contributed by atoms with E-state index in [1.807, 2.05) is 0 Å². The predicted molar refractivity (Wildman–Crippen MR) is 62.5 cm³/mol. The maximum Gasteiger partial charge on any atom is 0.226 e. The molecule has 0 aliphatic carbocycles. The summed E-state index contributed by atoms with van der Waals surface area (Å²) < 4.78 is 26.0. The maximum atomic E-state index is 12.3. The van der Waals surface area contributed by atoms with Gasteiger partial charge in [0.15, 0.2) is 5.03 Å². The van der Waals surface area contributed by atoms with Crippen molar-refractivity contribution < 1.29 is 18.6 Å². The van der Waals surface area contributed by atoms with Crippen LogP contribution < -0.4 is 0 Å². The highest BCUT2D eigenvalue weighted by Gasteiger charge is 2.24. The normalized spacial score (nSPS) is 11.7. The second kappa shape index (κ2) is 4.89. The molecule has 96 valence electrons. The highest BCUT2D eigenvalue weighted by Crippen LogP contribution is 2.22. The molecule has 1 N–H and O–H groups in total. The molecular formula is C11H12N2O4S. The SMILES string of the molecule is Cn1cc(COO)c(S(=O)(=O)c2ccccc2)n1. The zero-order valence-electron chi connectivity index (χ0n) is 9.65. The van der Waals surface area contributed by atoms with E-state index >= 15 is 0 Å². The second-order valence-corrected chi connectivity index (χ2v) is 5.59. The lowest BCUT2D eigenvalue weighted by Gasteiger charge is -2.03. The Morgan fingerprint density at radius 3 is 2.61 bits per heavy atom. The van der Waals surface area contributed by atoms with Crippen molar-refractivity contribution in [3.05, 3.63) is 42.1 Å². The van der Waals surface area contributed by atoms with E-state index in [0.29, 0.717) is 5.56 Å². The summed E-state index contributed by atoms with van der Waals surface area (Å²) in [5.74, 6) is 0. The fourth-order valence-corrected chi connectivity index (χ4v) is 3.06. The molecule has 0 aliphatic heterocycles. The Hall–Kier alpha value is -1.70. The maximum absolute atomic E-state index is 12.3. The van der Waals surface area contributed by atoms with Crippen molar-refractivity contribution in [2.45, 2.75) is 16.5 Å². The van der Waals surface area contributed by atoms with Crippen LogP contribution >= 0.6 is 0 Å². The number of rotatable bonds is 4. The third kappa shape index (κ3) is 2.28. The molecule has 18 heavy (non-hydrogen) atoms. The van der Waals surface area contributed by atoms with Gasteiger partial charge in [0.2, 0.25) is 9.84 Å². The van der Waals surface area contributed by atoms with Gasteiger partial charge in [-0.05, 0) is 12.1 Å². The molecule has 0 unspecified atom stereocenters. The number of aromatic nitrogens is 2. The van der Waals surface area contributed by atoms with Gasteiger partial charge in [0.1, 0.15) is 6.61 Å². The molecule has 0 radical (unpaired) electrons. The Bertz CT molecular complexity index is 634. The molecule has 0 fully saturated rings. The van der Waals surface area contributed by atoms with Gasteiger partial charge in [0.05, 0.1) is 4.90 Å². The van der Waals surface area contributed by atoms with Crippen LogP contribution in [-0.2, 0) is 28.4 Å². The van der Waals surface area contributed by atoms with Gasteiger partial charge in [-0.25, -0.2) is 13.3 Å². The third-order valence-corrected chi connectivity index (χ3v) is 4.14. The Labute approximate surface area is 104 Å². The average molecular weight is 268 g/mol. The lowest BCUT2D eigenvalue weighted by molar-refractivity contribution is -0.253. The van der Waals surface area contributed by atoms with Crippen LogP contribution in [-0.4, -0.2) is 23.5 Å². The van der Waals surface area contributed by atoms with Crippen LogP contribution in [0.2, 0.25) is 0 Å². The highest BCUT2D eigenvalue weighted by molar-refractivity contribution is 7.91. The molecule has 7 heteroatoms. The van der Waals surface area contributed by atoms with Gasteiger partial charge in [-0.2, -0.15) is 5.10 Å². The van der Waals surface area contributed by atoms with Gasteiger partial charge in [-0.1, -0.05) is 18.2 Å². The topological polar surface area (TPSA) is 81.4 Å². The van der Waals surface area contributed by atoms with Crippen molar-refractivity contribution in [2.75, 3.05) is 0 Å². The van der Waals surface area contributed by atoms with Crippen LogP contribution in [0, 0.1) is 0 Å². The summed E-state index contributed by atoms with van der Waals surface area (Å²) in [4.78, 5) is 4.15. The van der Waals surface area contributed by atoms with Crippen molar-refractivity contribution in [1.29, 1.82) is 0 Å². The summed E-state index contributed by atoms with van der Waals surface area (Å²) in [6, 6.07) is 7.99. The molecule has 2 aromatic rings. The van der Waals surface area contributed by atoms with E-state index in [4.69, 9.17) is 5.26 Å². The predicted octanol–water partition coefficient (Wildman–Crippen LogP) is 1.24. The Morgan fingerprint density at radius 2 is 2.00 bits per heavy atom. The van der Waals surface area contributed by atoms with Crippen molar-refractivity contribution in [3.63, 3.8) is 0 Å². The quantitative estimate of drug-likeness (QED) is 0.666. The minimum absolute atomic E-state index is 0.106. The van der Waals surface area contributed by atoms with Gasteiger partial charge in [-0.3, -0.25) is 9.94 Å². The van der Waals surface area contributed by atoms with Crippen LogP contribution in [0.25, 0.3) is 0 Å². The summed E-state index contributed by atoms with van der Waals surface area (Å²) >= 11 is 0. The minimum Gasteiger partial charge on any atom is -0.274 e. The first-order valence-corrected chi connectivity index (χ1v) is 6.63. The zero-order valence-corrected chi connectivity index (χ0v) is 10.5. The van der Waals surface area contributed by atoms with Crippen molar-refractivity contribution >= 4 is 9.84 Å². The number of aryl methyl sites for hydroxylation is 1. The van der Waals surface area contributed by atoms with E-state index in [0.717, 1.165) is 0 Å². The van der Waals surface area contributed by atoms with E-state index < -0.39 is 9.84 Å². The summed E-state index contributed by atoms with van der Waals surface area (Å²) in [7, 11) is -2.09. The number of sulfone groups is 1. The number of benzene rings is 1. The van der Waals surface area contributed by atoms with Gasteiger partial charge >= 0.3 is 0 Å². The van der Waals surface area contributed by atoms with Gasteiger partial charge in [-0.15, -0.1) is 0 Å². The summed E-state index contributed by atoms with van der Waals surface area (Å²) in [5, 5.41) is 12.3. The van der Waals surface area contributed by atoms with Crippen LogP contribution in [0.15, 0.2) is 46.5 Å². The first-order valence-electron chi connectivity index (χ1n) is 5.14. The summed E-state index contributed by atoms with van der Waals surface area (Å²) in [6.07, 6.45) is 1.49. The molecule has 1 heterocycles. The molecule has 2 rings (SSSR count). The van der Waals surface area contributed by atoms with Crippen molar-refractivity contribution in [3.8, 4) is 0 Å². The first-order chi connectivity index (χ1) is 8.55. The monoisotopic (exact) mass is 268 g/mol. The van der Waals surface area contributed by atoms with E-state index in [2.05, 4.69) is 9.99 Å². The Kier molecular flexibility index (Phi) is 3.46. The van der Waals surface area contributed by atoms with Crippen molar-refractivity contribution in [2.24, 2.45) is 7.05 Å². The standard InChI is InChI=1S/C11H12N2O4S/c1-13-7-9(8-17-14)11(12-13)18(15,16)10-5-3-2-4-6-10/h2-7,14H,8H2,1H3. The Balaban J connectivity index is 2.54. The molecule has 0 saturated carbocycles. The highest BCUT2D eigenvalue weighted by atomic mass is 32.2. The fraction of sp³-hybridized carbons (Fsp3) is 0.182. The minimum atomic E-state index is -3.69. The summed E-state index contributed by atoms with van der Waals surface area (Å²) in [5.41, 5.74) is 0.309. The number of hydrogen-bond acceptors (Lipinski definition) is 5. The number of nitrogens with zero attached hydrogens (tertiary/aromatic N) is 2. The van der Waals surface area contributed by atoms with Gasteiger partial charge in [0, 0.05) is 18.8 Å². The second-order valence-electron chi connectivity index (χ2n) is 3.72. The lowest BCUT2D eigenvalue weighted by Crippen LogP contribution is -2.06. The largest absolute Gasteiger partial charge is 0.274 e. The lowest BCUT2D eigenvalue weighted by atomic mass is 10.4. The van der Waals surface area contributed by atoms with E-state index in [9.17, 15) is 8.42 Å². The molecule has 0 amide bonds. The molecule has 0 saturated heterocycles. The molecule has 6 nitrogen and oxygen atoms in total. The molecular weight excluding hydrogens is 256 g/mol. The van der Waals surface area contributed by atoms with Gasteiger partial charge in [0.25, 0.3) is 0 Å². The third-order valence-electron chi connectivity index (χ3n) is 2.39. The van der Waals surface area contributed by atoms with E-state index in [1.54, 1.807) is 25.2 Å². The molecule has 0 spiro atoms. The smallest absolute Gasteiger partial charge is 0.226 e. The summed E-state index contributed by atoms with van der Waals surface area (Å²) in [6.45, 7) is -0.227. The molecule has 1 aromatic heterocycles. The molecule has 0 aliphatic rings. The molecule has 0 bridgehead atoms.